The number of carbonyl (C=O) groups excluding carboxylic acids is 2. The fourth-order valence-corrected chi connectivity index (χ4v) is 4.26. The molecule has 1 aromatic rings. The Hall–Kier alpha value is -2.30. The molecule has 0 unspecified atom stereocenters. The fraction of sp³-hybridized carbons (Fsp3) is 0.444. The highest BCUT2D eigenvalue weighted by Gasteiger charge is 2.60. The highest BCUT2D eigenvalue weighted by molar-refractivity contribution is 7.89. The maximum Gasteiger partial charge on any atom is 0.236 e. The highest BCUT2D eigenvalue weighted by Crippen LogP contribution is 2.52. The summed E-state index contributed by atoms with van der Waals surface area (Å²) in [5.74, 6) is -1.44. The van der Waals surface area contributed by atoms with Crippen LogP contribution < -0.4 is 24.7 Å². The van der Waals surface area contributed by atoms with Gasteiger partial charge in [0.15, 0.2) is 5.75 Å². The van der Waals surface area contributed by atoms with Gasteiger partial charge in [0, 0.05) is 30.3 Å². The van der Waals surface area contributed by atoms with Crippen molar-refractivity contribution >= 4 is 33.2 Å². The summed E-state index contributed by atoms with van der Waals surface area (Å²) in [7, 11) is -0.830. The number of rotatable bonds is 6. The number of halogens is 1. The fourth-order valence-electron chi connectivity index (χ4n) is 3.61. The monoisotopic (exact) mass is 444 g/mol. The molecule has 1 aliphatic carbocycles. The highest BCUT2D eigenvalue weighted by atomic mass is 35.5. The molecule has 0 saturated carbocycles. The van der Waals surface area contributed by atoms with E-state index >= 15 is 0 Å². The van der Waals surface area contributed by atoms with Crippen molar-refractivity contribution in [2.45, 2.75) is 18.9 Å². The number of Topliss-reactive ketones (excluding diaryl/α,β-unsaturated/α-hetero) is 1. The summed E-state index contributed by atoms with van der Waals surface area (Å²) in [6.45, 7) is 1.75. The van der Waals surface area contributed by atoms with Gasteiger partial charge in [0.05, 0.1) is 20.0 Å². The van der Waals surface area contributed by atoms with E-state index in [0.717, 1.165) is 0 Å². The van der Waals surface area contributed by atoms with E-state index < -0.39 is 33.1 Å². The van der Waals surface area contributed by atoms with Gasteiger partial charge < -0.3 is 19.5 Å². The van der Waals surface area contributed by atoms with Crippen LogP contribution in [0.3, 0.4) is 0 Å². The number of hydrogen-bond donors (Lipinski definition) is 2. The number of sulfonamides is 1. The number of ether oxygens (including phenoxy) is 3. The number of methoxy groups -OCH3 is 2. The molecule has 1 aliphatic heterocycles. The van der Waals surface area contributed by atoms with Crippen molar-refractivity contribution in [3.05, 3.63) is 28.4 Å². The molecular weight excluding hydrogens is 424 g/mol. The van der Waals surface area contributed by atoms with E-state index in [-0.39, 0.29) is 46.6 Å². The van der Waals surface area contributed by atoms with Crippen molar-refractivity contribution in [2.75, 3.05) is 26.5 Å². The maximum absolute atomic E-state index is 13.3. The molecule has 0 bridgehead atoms. The first-order valence-electron chi connectivity index (χ1n) is 8.72. The second-order valence-electron chi connectivity index (χ2n) is 6.90. The van der Waals surface area contributed by atoms with E-state index in [1.54, 1.807) is 6.92 Å². The van der Waals surface area contributed by atoms with Gasteiger partial charge in [-0.2, -0.15) is 0 Å². The predicted octanol–water partition coefficient (Wildman–Crippen LogP) is 1.04. The number of allylic oxidation sites excluding steroid dienone is 1. The SMILES string of the molecule is COc1cc(OC)c2c(c1Cl)O[C@@]1(C(=O)C=C(NCCS(N)(=O)=O)C[C@H]1C)C2=O. The van der Waals surface area contributed by atoms with Gasteiger partial charge in [0.2, 0.25) is 27.2 Å². The van der Waals surface area contributed by atoms with Gasteiger partial charge in [-0.1, -0.05) is 18.5 Å². The van der Waals surface area contributed by atoms with Crippen LogP contribution in [0.15, 0.2) is 17.8 Å². The molecule has 0 amide bonds. The molecule has 3 N–H and O–H groups in total. The molecule has 0 aromatic heterocycles. The zero-order chi connectivity index (χ0) is 21.6. The average Bonchev–Trinajstić information content (AvgIpc) is 2.95. The largest absolute Gasteiger partial charge is 0.496 e. The zero-order valence-corrected chi connectivity index (χ0v) is 17.6. The molecule has 2 atom stereocenters. The number of hydrogen-bond acceptors (Lipinski definition) is 8. The molecule has 2 aliphatic rings. The van der Waals surface area contributed by atoms with Crippen LogP contribution in [0.4, 0.5) is 0 Å². The van der Waals surface area contributed by atoms with Crippen LogP contribution >= 0.6 is 11.6 Å². The minimum Gasteiger partial charge on any atom is -0.496 e. The summed E-state index contributed by atoms with van der Waals surface area (Å²) in [4.78, 5) is 26.3. The summed E-state index contributed by atoms with van der Waals surface area (Å²) in [6.07, 6.45) is 1.54. The van der Waals surface area contributed by atoms with Crippen LogP contribution in [0.2, 0.25) is 5.02 Å². The second kappa shape index (κ2) is 7.51. The Morgan fingerprint density at radius 2 is 1.97 bits per heavy atom. The third-order valence-electron chi connectivity index (χ3n) is 5.05. The number of fused-ring (bicyclic) bond motifs is 1. The standard InChI is InChI=1S/C18H21ClN2O7S/c1-9-6-10(21-4-5-29(20,24)25)7-13(22)18(9)17(23)14-11(26-2)8-12(27-3)15(19)16(14)28-18/h7-9,21H,4-6H2,1-3H3,(H2,20,24,25)/t9-,18+/m1/s1. The third kappa shape index (κ3) is 3.56. The summed E-state index contributed by atoms with van der Waals surface area (Å²) < 4.78 is 38.5. The van der Waals surface area contributed by atoms with E-state index in [2.05, 4.69) is 5.32 Å². The molecule has 29 heavy (non-hydrogen) atoms. The van der Waals surface area contributed by atoms with Gasteiger partial charge in [-0.25, -0.2) is 13.6 Å². The first-order chi connectivity index (χ1) is 13.5. The predicted molar refractivity (Wildman–Crippen MR) is 105 cm³/mol. The Morgan fingerprint density at radius 1 is 1.31 bits per heavy atom. The second-order valence-corrected chi connectivity index (χ2v) is 9.01. The summed E-state index contributed by atoms with van der Waals surface area (Å²) in [5.41, 5.74) is -1.17. The van der Waals surface area contributed by atoms with Gasteiger partial charge in [-0.15, -0.1) is 0 Å². The number of benzene rings is 1. The topological polar surface area (TPSA) is 134 Å². The number of nitrogens with one attached hydrogen (secondary N) is 1. The van der Waals surface area contributed by atoms with Crippen LogP contribution in [0.1, 0.15) is 23.7 Å². The van der Waals surface area contributed by atoms with Crippen molar-refractivity contribution in [3.63, 3.8) is 0 Å². The molecule has 158 valence electrons. The van der Waals surface area contributed by atoms with E-state index in [1.165, 1.54) is 26.4 Å². The first-order valence-corrected chi connectivity index (χ1v) is 10.8. The smallest absolute Gasteiger partial charge is 0.236 e. The van der Waals surface area contributed by atoms with Crippen molar-refractivity contribution in [3.8, 4) is 17.2 Å². The summed E-state index contributed by atoms with van der Waals surface area (Å²) in [5, 5.41) is 7.93. The van der Waals surface area contributed by atoms with Gasteiger partial charge in [0.25, 0.3) is 0 Å². The molecular formula is C18H21ClN2O7S. The van der Waals surface area contributed by atoms with Gasteiger partial charge in [-0.3, -0.25) is 9.59 Å². The third-order valence-corrected chi connectivity index (χ3v) is 6.18. The normalized spacial score (nSPS) is 23.5. The van der Waals surface area contributed by atoms with Gasteiger partial charge >= 0.3 is 0 Å². The summed E-state index contributed by atoms with van der Waals surface area (Å²) in [6, 6.07) is 1.47. The lowest BCUT2D eigenvalue weighted by Crippen LogP contribution is -2.55. The first kappa shape index (κ1) is 21.4. The minimum atomic E-state index is -3.63. The molecule has 0 saturated heterocycles. The molecule has 0 radical (unpaired) electrons. The maximum atomic E-state index is 13.3. The molecule has 0 fully saturated rings. The Morgan fingerprint density at radius 3 is 2.52 bits per heavy atom. The molecule has 11 heteroatoms. The average molecular weight is 445 g/mol. The van der Waals surface area contributed by atoms with E-state index in [0.29, 0.717) is 5.70 Å². The molecule has 1 spiro atoms. The van der Waals surface area contributed by atoms with Crippen molar-refractivity contribution in [2.24, 2.45) is 11.1 Å². The molecule has 3 rings (SSSR count). The van der Waals surface area contributed by atoms with Crippen LogP contribution in [0, 0.1) is 5.92 Å². The number of ketones is 2. The van der Waals surface area contributed by atoms with Gasteiger partial charge in [0.1, 0.15) is 22.1 Å². The summed E-state index contributed by atoms with van der Waals surface area (Å²) >= 11 is 6.32. The zero-order valence-electron chi connectivity index (χ0n) is 16.1. The molecule has 9 nitrogen and oxygen atoms in total. The lowest BCUT2D eigenvalue weighted by molar-refractivity contribution is -0.129. The quantitative estimate of drug-likeness (QED) is 0.621. The van der Waals surface area contributed by atoms with E-state index in [4.69, 9.17) is 31.0 Å². The van der Waals surface area contributed by atoms with E-state index in [9.17, 15) is 18.0 Å². The van der Waals surface area contributed by atoms with Crippen molar-refractivity contribution < 1.29 is 32.2 Å². The molecule has 1 heterocycles. The van der Waals surface area contributed by atoms with Crippen LogP contribution in [-0.4, -0.2) is 52.1 Å². The number of nitrogens with two attached hydrogens (primary N) is 1. The Labute approximate surface area is 173 Å². The Balaban J connectivity index is 1.96. The lowest BCUT2D eigenvalue weighted by atomic mass is 9.74. The van der Waals surface area contributed by atoms with Crippen LogP contribution in [0.5, 0.6) is 17.2 Å². The Kier molecular flexibility index (Phi) is 5.54. The Bertz CT molecular complexity index is 1020. The van der Waals surface area contributed by atoms with E-state index in [1.807, 2.05) is 0 Å². The van der Waals surface area contributed by atoms with Crippen LogP contribution in [0.25, 0.3) is 0 Å². The minimum absolute atomic E-state index is 0.0452. The van der Waals surface area contributed by atoms with Crippen molar-refractivity contribution in [1.29, 1.82) is 0 Å². The molecule has 1 aromatic carbocycles. The number of carbonyl (C=O) groups is 2. The van der Waals surface area contributed by atoms with Crippen molar-refractivity contribution in [1.82, 2.24) is 5.32 Å². The van der Waals surface area contributed by atoms with Crippen LogP contribution in [-0.2, 0) is 14.8 Å². The number of primary sulfonamides is 1. The van der Waals surface area contributed by atoms with Gasteiger partial charge in [-0.05, 0) is 6.42 Å². The lowest BCUT2D eigenvalue weighted by Gasteiger charge is -2.35.